The van der Waals surface area contributed by atoms with Gasteiger partial charge < -0.3 is 9.64 Å². The highest BCUT2D eigenvalue weighted by Gasteiger charge is 2.35. The Bertz CT molecular complexity index is 552. The molecule has 2 aliphatic heterocycles. The molecule has 0 bridgehead atoms. The van der Waals surface area contributed by atoms with E-state index in [9.17, 15) is 4.79 Å². The first-order chi connectivity index (χ1) is 11.8. The third kappa shape index (κ3) is 3.81. The highest BCUT2D eigenvalue weighted by molar-refractivity contribution is 5.94. The molecule has 2 saturated heterocycles. The molecule has 0 N–H and O–H groups in total. The molecule has 2 heterocycles. The van der Waals surface area contributed by atoms with Crippen molar-refractivity contribution in [2.24, 2.45) is 11.8 Å². The molecule has 3 fully saturated rings. The van der Waals surface area contributed by atoms with Gasteiger partial charge in [-0.1, -0.05) is 18.2 Å². The first-order valence-corrected chi connectivity index (χ1v) is 9.45. The Hall–Kier alpha value is -1.39. The molecule has 4 rings (SSSR count). The van der Waals surface area contributed by atoms with Crippen LogP contribution in [0, 0.1) is 11.8 Å². The molecule has 0 radical (unpaired) electrons. The monoisotopic (exact) mass is 328 g/mol. The number of amides is 1. The van der Waals surface area contributed by atoms with Crippen LogP contribution in [0.4, 0.5) is 0 Å². The van der Waals surface area contributed by atoms with Crippen LogP contribution in [0.2, 0.25) is 0 Å². The lowest BCUT2D eigenvalue weighted by atomic mass is 10.1. The molecular formula is C20H28N2O2. The number of rotatable bonds is 6. The molecule has 1 aromatic rings. The standard InChI is InChI=1S/C20H28N2O2/c23-20(18-4-2-1-3-5-18)21-10-8-16(12-21)13-22(19-6-7-19)14-17-9-11-24-15-17/h1-5,16-17,19H,6-15H2/t16-,17-/m0/s1. The summed E-state index contributed by atoms with van der Waals surface area (Å²) in [5.41, 5.74) is 0.820. The van der Waals surface area contributed by atoms with Gasteiger partial charge in [0.25, 0.3) is 5.91 Å². The molecule has 0 unspecified atom stereocenters. The number of ether oxygens (including phenoxy) is 1. The summed E-state index contributed by atoms with van der Waals surface area (Å²) in [5, 5.41) is 0. The maximum Gasteiger partial charge on any atom is 0.253 e. The number of benzene rings is 1. The van der Waals surface area contributed by atoms with Gasteiger partial charge in [-0.3, -0.25) is 9.69 Å². The summed E-state index contributed by atoms with van der Waals surface area (Å²) in [6.07, 6.45) is 5.06. The second-order valence-electron chi connectivity index (χ2n) is 7.69. The number of nitrogens with zero attached hydrogens (tertiary/aromatic N) is 2. The van der Waals surface area contributed by atoms with Crippen LogP contribution in [0.1, 0.15) is 36.0 Å². The van der Waals surface area contributed by atoms with Crippen LogP contribution < -0.4 is 0 Å². The molecule has 4 nitrogen and oxygen atoms in total. The van der Waals surface area contributed by atoms with Crippen molar-refractivity contribution in [3.63, 3.8) is 0 Å². The Morgan fingerprint density at radius 2 is 1.88 bits per heavy atom. The number of carbonyl (C=O) groups excluding carboxylic acids is 1. The maximum absolute atomic E-state index is 12.6. The minimum atomic E-state index is 0.195. The van der Waals surface area contributed by atoms with E-state index >= 15 is 0 Å². The minimum Gasteiger partial charge on any atom is -0.381 e. The first kappa shape index (κ1) is 16.1. The van der Waals surface area contributed by atoms with E-state index in [1.54, 1.807) is 0 Å². The van der Waals surface area contributed by atoms with Crippen molar-refractivity contribution in [2.75, 3.05) is 39.4 Å². The summed E-state index contributed by atoms with van der Waals surface area (Å²) in [4.78, 5) is 17.3. The molecule has 1 aliphatic carbocycles. The Balaban J connectivity index is 1.31. The molecule has 0 aromatic heterocycles. The fourth-order valence-electron chi connectivity index (χ4n) is 4.13. The third-order valence-electron chi connectivity index (χ3n) is 5.67. The van der Waals surface area contributed by atoms with E-state index in [4.69, 9.17) is 4.74 Å². The van der Waals surface area contributed by atoms with Crippen molar-refractivity contribution in [2.45, 2.75) is 31.7 Å². The van der Waals surface area contributed by atoms with Crippen molar-refractivity contribution >= 4 is 5.91 Å². The SMILES string of the molecule is O=C(c1ccccc1)N1CC[C@H](CN(C[C@@H]2CCOC2)C2CC2)C1. The predicted octanol–water partition coefficient (Wildman–Crippen LogP) is 2.65. The van der Waals surface area contributed by atoms with Gasteiger partial charge in [0.05, 0.1) is 6.61 Å². The van der Waals surface area contributed by atoms with E-state index in [1.165, 1.54) is 25.8 Å². The fraction of sp³-hybridized carbons (Fsp3) is 0.650. The molecule has 3 aliphatic rings. The summed E-state index contributed by atoms with van der Waals surface area (Å²) in [5.74, 6) is 1.54. The minimum absolute atomic E-state index is 0.195. The molecule has 1 saturated carbocycles. The van der Waals surface area contributed by atoms with Gasteiger partial charge in [-0.05, 0) is 49.7 Å². The van der Waals surface area contributed by atoms with E-state index in [-0.39, 0.29) is 5.91 Å². The van der Waals surface area contributed by atoms with Gasteiger partial charge in [0.2, 0.25) is 0 Å². The van der Waals surface area contributed by atoms with E-state index in [1.807, 2.05) is 35.2 Å². The zero-order chi connectivity index (χ0) is 16.4. The van der Waals surface area contributed by atoms with Crippen LogP contribution in [0.5, 0.6) is 0 Å². The highest BCUT2D eigenvalue weighted by Crippen LogP contribution is 2.31. The zero-order valence-electron chi connectivity index (χ0n) is 14.4. The van der Waals surface area contributed by atoms with Crippen molar-refractivity contribution < 1.29 is 9.53 Å². The Labute approximate surface area is 144 Å². The van der Waals surface area contributed by atoms with Crippen molar-refractivity contribution in [3.05, 3.63) is 35.9 Å². The van der Waals surface area contributed by atoms with Crippen LogP contribution in [-0.4, -0.2) is 61.1 Å². The van der Waals surface area contributed by atoms with E-state index < -0.39 is 0 Å². The molecule has 4 heteroatoms. The number of likely N-dealkylation sites (tertiary alicyclic amines) is 1. The smallest absolute Gasteiger partial charge is 0.253 e. The van der Waals surface area contributed by atoms with Gasteiger partial charge in [-0.15, -0.1) is 0 Å². The van der Waals surface area contributed by atoms with Crippen molar-refractivity contribution in [1.82, 2.24) is 9.80 Å². The summed E-state index contributed by atoms with van der Waals surface area (Å²) in [6.45, 7) is 6.04. The average Bonchev–Trinajstić information content (AvgIpc) is 3.14. The number of hydrogen-bond acceptors (Lipinski definition) is 3. The second-order valence-corrected chi connectivity index (χ2v) is 7.69. The fourth-order valence-corrected chi connectivity index (χ4v) is 4.13. The van der Waals surface area contributed by atoms with Gasteiger partial charge in [0.15, 0.2) is 0 Å². The molecule has 1 aromatic carbocycles. The average molecular weight is 328 g/mol. The van der Waals surface area contributed by atoms with Gasteiger partial charge in [-0.25, -0.2) is 0 Å². The molecule has 2 atom stereocenters. The molecule has 130 valence electrons. The zero-order valence-corrected chi connectivity index (χ0v) is 14.4. The van der Waals surface area contributed by atoms with E-state index in [0.717, 1.165) is 50.9 Å². The summed E-state index contributed by atoms with van der Waals surface area (Å²) in [7, 11) is 0. The Morgan fingerprint density at radius 1 is 1.08 bits per heavy atom. The summed E-state index contributed by atoms with van der Waals surface area (Å²) >= 11 is 0. The lowest BCUT2D eigenvalue weighted by molar-refractivity contribution is 0.0781. The highest BCUT2D eigenvalue weighted by atomic mass is 16.5. The normalized spacial score (nSPS) is 27.1. The lowest BCUT2D eigenvalue weighted by Crippen LogP contribution is -2.37. The summed E-state index contributed by atoms with van der Waals surface area (Å²) in [6, 6.07) is 10.5. The van der Waals surface area contributed by atoms with E-state index in [0.29, 0.717) is 11.8 Å². The maximum atomic E-state index is 12.6. The summed E-state index contributed by atoms with van der Waals surface area (Å²) < 4.78 is 5.55. The number of carbonyl (C=O) groups is 1. The molecule has 0 spiro atoms. The quantitative estimate of drug-likeness (QED) is 0.805. The largest absolute Gasteiger partial charge is 0.381 e. The second kappa shape index (κ2) is 7.24. The Morgan fingerprint density at radius 3 is 2.58 bits per heavy atom. The lowest BCUT2D eigenvalue weighted by Gasteiger charge is -2.27. The van der Waals surface area contributed by atoms with Crippen LogP contribution in [-0.2, 0) is 4.74 Å². The van der Waals surface area contributed by atoms with Gasteiger partial charge in [0, 0.05) is 44.4 Å². The third-order valence-corrected chi connectivity index (χ3v) is 5.67. The van der Waals surface area contributed by atoms with Gasteiger partial charge in [0.1, 0.15) is 0 Å². The molecule has 1 amide bonds. The molecular weight excluding hydrogens is 300 g/mol. The van der Waals surface area contributed by atoms with Gasteiger partial charge >= 0.3 is 0 Å². The molecule has 24 heavy (non-hydrogen) atoms. The van der Waals surface area contributed by atoms with Crippen LogP contribution >= 0.6 is 0 Å². The predicted molar refractivity (Wildman–Crippen MR) is 94.0 cm³/mol. The van der Waals surface area contributed by atoms with Crippen LogP contribution in [0.3, 0.4) is 0 Å². The number of hydrogen-bond donors (Lipinski definition) is 0. The van der Waals surface area contributed by atoms with Crippen LogP contribution in [0.15, 0.2) is 30.3 Å². The first-order valence-electron chi connectivity index (χ1n) is 9.45. The van der Waals surface area contributed by atoms with Crippen molar-refractivity contribution in [3.8, 4) is 0 Å². The van der Waals surface area contributed by atoms with Gasteiger partial charge in [-0.2, -0.15) is 0 Å². The Kier molecular flexibility index (Phi) is 4.86. The van der Waals surface area contributed by atoms with E-state index in [2.05, 4.69) is 4.90 Å². The van der Waals surface area contributed by atoms with Crippen LogP contribution in [0.25, 0.3) is 0 Å². The van der Waals surface area contributed by atoms with Crippen molar-refractivity contribution in [1.29, 1.82) is 0 Å². The topological polar surface area (TPSA) is 32.8 Å².